The lowest BCUT2D eigenvalue weighted by molar-refractivity contribution is 0.393. The third kappa shape index (κ3) is 6.44. The number of benzene rings is 3. The molecule has 4 aromatic rings. The van der Waals surface area contributed by atoms with Crippen LogP contribution < -0.4 is 19.1 Å². The maximum absolute atomic E-state index is 13.3. The van der Waals surface area contributed by atoms with Crippen LogP contribution in [-0.2, 0) is 23.0 Å². The van der Waals surface area contributed by atoms with Crippen molar-refractivity contribution in [2.24, 2.45) is 0 Å². The highest BCUT2D eigenvalue weighted by molar-refractivity contribution is 7.89. The van der Waals surface area contributed by atoms with Gasteiger partial charge < -0.3 is 14.4 Å². The maximum Gasteiger partial charge on any atom is 0.240 e. The largest absolute Gasteiger partial charge is 0.497 e. The summed E-state index contributed by atoms with van der Waals surface area (Å²) >= 11 is 12.9. The Balaban J connectivity index is 1.64. The van der Waals surface area contributed by atoms with Gasteiger partial charge in [-0.3, -0.25) is 4.68 Å². The number of nitrogens with one attached hydrogen (secondary N) is 1. The number of rotatable bonds is 12. The Morgan fingerprint density at radius 2 is 1.59 bits per heavy atom. The van der Waals surface area contributed by atoms with Gasteiger partial charge in [0.05, 0.1) is 31.2 Å². The maximum atomic E-state index is 13.3. The first-order valence-corrected chi connectivity index (χ1v) is 14.8. The van der Waals surface area contributed by atoms with Crippen LogP contribution in [0.1, 0.15) is 25.0 Å². The Labute approximate surface area is 239 Å². The van der Waals surface area contributed by atoms with Gasteiger partial charge in [0.25, 0.3) is 0 Å². The van der Waals surface area contributed by atoms with Gasteiger partial charge in [-0.1, -0.05) is 29.3 Å². The number of methoxy groups -OCH3 is 2. The zero-order valence-corrected chi connectivity index (χ0v) is 24.7. The van der Waals surface area contributed by atoms with Crippen molar-refractivity contribution in [3.63, 3.8) is 0 Å². The third-order valence-electron chi connectivity index (χ3n) is 6.56. The molecule has 0 amide bonds. The highest BCUT2D eigenvalue weighted by Gasteiger charge is 2.21. The van der Waals surface area contributed by atoms with Crippen molar-refractivity contribution in [3.05, 3.63) is 75.8 Å². The lowest BCUT2D eigenvalue weighted by Gasteiger charge is -2.18. The van der Waals surface area contributed by atoms with Crippen molar-refractivity contribution in [1.82, 2.24) is 14.5 Å². The molecule has 1 aromatic heterocycles. The van der Waals surface area contributed by atoms with Crippen LogP contribution in [0.5, 0.6) is 11.5 Å². The van der Waals surface area contributed by atoms with Crippen LogP contribution in [0, 0.1) is 0 Å². The molecule has 0 radical (unpaired) electrons. The van der Waals surface area contributed by atoms with Crippen molar-refractivity contribution in [3.8, 4) is 11.5 Å². The highest BCUT2D eigenvalue weighted by Crippen LogP contribution is 2.32. The Bertz CT molecular complexity index is 1530. The molecule has 39 heavy (non-hydrogen) atoms. The van der Waals surface area contributed by atoms with E-state index >= 15 is 0 Å². The molecule has 208 valence electrons. The predicted molar refractivity (Wildman–Crippen MR) is 157 cm³/mol. The molecule has 0 atom stereocenters. The molecule has 0 saturated heterocycles. The first-order valence-electron chi connectivity index (χ1n) is 12.6. The number of fused-ring (bicyclic) bond motifs is 1. The number of aromatic nitrogens is 2. The molecule has 1 heterocycles. The zero-order valence-electron chi connectivity index (χ0n) is 22.4. The highest BCUT2D eigenvalue weighted by atomic mass is 35.5. The quantitative estimate of drug-likeness (QED) is 0.225. The minimum Gasteiger partial charge on any atom is -0.497 e. The minimum absolute atomic E-state index is 0.168. The Morgan fingerprint density at radius 1 is 0.949 bits per heavy atom. The van der Waals surface area contributed by atoms with E-state index < -0.39 is 10.0 Å². The van der Waals surface area contributed by atoms with E-state index in [-0.39, 0.29) is 11.4 Å². The summed E-state index contributed by atoms with van der Waals surface area (Å²) in [5, 5.41) is 6.69. The zero-order chi connectivity index (χ0) is 28.2. The fourth-order valence-electron chi connectivity index (χ4n) is 4.44. The summed E-state index contributed by atoms with van der Waals surface area (Å²) in [7, 11) is -0.626. The number of sulfonamides is 1. The molecule has 8 nitrogen and oxygen atoms in total. The third-order valence-corrected chi connectivity index (χ3v) is 8.73. The second kappa shape index (κ2) is 12.5. The summed E-state index contributed by atoms with van der Waals surface area (Å²) in [5.74, 6) is 2.01. The van der Waals surface area contributed by atoms with E-state index in [1.165, 1.54) is 0 Å². The van der Waals surface area contributed by atoms with Gasteiger partial charge in [0.15, 0.2) is 5.82 Å². The molecule has 0 saturated carbocycles. The van der Waals surface area contributed by atoms with Crippen molar-refractivity contribution < 1.29 is 17.9 Å². The monoisotopic (exact) mass is 590 g/mol. The van der Waals surface area contributed by atoms with E-state index in [1.807, 2.05) is 30.7 Å². The predicted octanol–water partition coefficient (Wildman–Crippen LogP) is 5.78. The average Bonchev–Trinajstić information content (AvgIpc) is 3.28. The standard InChI is InChI=1S/C28H32Cl2N4O4S/c1-5-33(6-2)28-23-17-22(10-11-27(23)34(32-28)18-24-25(29)8-7-9-26(24)30)39(35,36)31-13-12-19-14-20(37-3)16-21(15-19)38-4/h7-11,14-17,31H,5-6,12-13,18H2,1-4H3. The molecule has 0 bridgehead atoms. The van der Waals surface area contributed by atoms with E-state index in [4.69, 9.17) is 37.8 Å². The first kappa shape index (κ1) is 29.0. The summed E-state index contributed by atoms with van der Waals surface area (Å²) < 4.78 is 41.7. The summed E-state index contributed by atoms with van der Waals surface area (Å²) in [6.07, 6.45) is 0.469. The number of halogens is 2. The Hall–Kier alpha value is -2.98. The first-order chi connectivity index (χ1) is 18.7. The van der Waals surface area contributed by atoms with Crippen LogP contribution in [0.25, 0.3) is 10.9 Å². The van der Waals surface area contributed by atoms with E-state index in [9.17, 15) is 8.42 Å². The van der Waals surface area contributed by atoms with Crippen molar-refractivity contribution in [2.45, 2.75) is 31.7 Å². The fourth-order valence-corrected chi connectivity index (χ4v) is 6.02. The van der Waals surface area contributed by atoms with Gasteiger partial charge in [0.2, 0.25) is 10.0 Å². The van der Waals surface area contributed by atoms with E-state index in [0.29, 0.717) is 53.4 Å². The van der Waals surface area contributed by atoms with Crippen LogP contribution in [0.4, 0.5) is 5.82 Å². The van der Waals surface area contributed by atoms with Gasteiger partial charge in [0, 0.05) is 46.7 Å². The molecule has 4 rings (SSSR count). The van der Waals surface area contributed by atoms with Crippen molar-refractivity contribution >= 4 is 49.9 Å². The van der Waals surface area contributed by atoms with Crippen molar-refractivity contribution in [1.29, 1.82) is 0 Å². The summed E-state index contributed by atoms with van der Waals surface area (Å²) in [6, 6.07) is 15.9. The lowest BCUT2D eigenvalue weighted by Crippen LogP contribution is -2.26. The van der Waals surface area contributed by atoms with Gasteiger partial charge in [0.1, 0.15) is 11.5 Å². The molecule has 0 fully saturated rings. The second-order valence-corrected chi connectivity index (χ2v) is 11.5. The average molecular weight is 592 g/mol. The van der Waals surface area contributed by atoms with Gasteiger partial charge in [-0.25, -0.2) is 13.1 Å². The van der Waals surface area contributed by atoms with E-state index in [0.717, 1.165) is 22.0 Å². The molecular weight excluding hydrogens is 559 g/mol. The van der Waals surface area contributed by atoms with Gasteiger partial charge in [-0.15, -0.1) is 0 Å². The van der Waals surface area contributed by atoms with Gasteiger partial charge in [-0.2, -0.15) is 5.10 Å². The molecule has 0 unspecified atom stereocenters. The molecule has 0 aliphatic carbocycles. The minimum atomic E-state index is -3.78. The van der Waals surface area contributed by atoms with Crippen LogP contribution in [0.3, 0.4) is 0 Å². The molecule has 11 heteroatoms. The number of ether oxygens (including phenoxy) is 2. The molecule has 1 N–H and O–H groups in total. The van der Waals surface area contributed by atoms with Crippen molar-refractivity contribution in [2.75, 3.05) is 38.8 Å². The molecule has 0 aliphatic heterocycles. The second-order valence-electron chi connectivity index (χ2n) is 8.90. The fraction of sp³-hybridized carbons (Fsp3) is 0.321. The molecule has 0 aliphatic rings. The number of anilines is 1. The SMILES string of the molecule is CCN(CC)c1nn(Cc2c(Cl)cccc2Cl)c2ccc(S(=O)(=O)NCCc3cc(OC)cc(OC)c3)cc12. The van der Waals surface area contributed by atoms with Crippen LogP contribution in [-0.4, -0.2) is 52.1 Å². The number of hydrogen-bond donors (Lipinski definition) is 1. The molecule has 3 aromatic carbocycles. The number of hydrogen-bond acceptors (Lipinski definition) is 6. The smallest absolute Gasteiger partial charge is 0.240 e. The summed E-state index contributed by atoms with van der Waals surface area (Å²) in [4.78, 5) is 2.26. The van der Waals surface area contributed by atoms with Crippen LogP contribution in [0.15, 0.2) is 59.5 Å². The van der Waals surface area contributed by atoms with Crippen LogP contribution >= 0.6 is 23.2 Å². The van der Waals surface area contributed by atoms with Crippen LogP contribution in [0.2, 0.25) is 10.0 Å². The van der Waals surface area contributed by atoms with Gasteiger partial charge in [-0.05, 0) is 68.3 Å². The molecule has 0 spiro atoms. The number of nitrogens with zero attached hydrogens (tertiary/aromatic N) is 3. The topological polar surface area (TPSA) is 85.7 Å². The Morgan fingerprint density at radius 3 is 2.18 bits per heavy atom. The summed E-state index contributed by atoms with van der Waals surface area (Å²) in [6.45, 7) is 6.07. The lowest BCUT2D eigenvalue weighted by atomic mass is 10.1. The normalized spacial score (nSPS) is 11.6. The van der Waals surface area contributed by atoms with E-state index in [1.54, 1.807) is 56.7 Å². The Kier molecular flexibility index (Phi) is 9.27. The molecular formula is C28H32Cl2N4O4S. The summed E-state index contributed by atoms with van der Waals surface area (Å²) in [5.41, 5.74) is 2.44. The van der Waals surface area contributed by atoms with Gasteiger partial charge >= 0.3 is 0 Å². The van der Waals surface area contributed by atoms with E-state index in [2.05, 4.69) is 9.62 Å².